The third kappa shape index (κ3) is 4.15. The summed E-state index contributed by atoms with van der Waals surface area (Å²) in [4.78, 5) is 31.9. The van der Waals surface area contributed by atoms with Crippen LogP contribution in [0, 0.1) is 11.6 Å². The Morgan fingerprint density at radius 1 is 1.00 bits per heavy atom. The fourth-order valence-electron chi connectivity index (χ4n) is 4.11. The summed E-state index contributed by atoms with van der Waals surface area (Å²) in [6, 6.07) is 16.1. The lowest BCUT2D eigenvalue weighted by Gasteiger charge is -2.24. The second kappa shape index (κ2) is 8.92. The molecule has 1 unspecified atom stereocenters. The summed E-state index contributed by atoms with van der Waals surface area (Å²) in [5.41, 5.74) is 1.44. The number of rotatable bonds is 6. The predicted octanol–water partition coefficient (Wildman–Crippen LogP) is 5.38. The molecule has 0 spiro atoms. The van der Waals surface area contributed by atoms with Gasteiger partial charge >= 0.3 is 0 Å². The van der Waals surface area contributed by atoms with E-state index in [1.165, 1.54) is 24.3 Å². The van der Waals surface area contributed by atoms with Crippen LogP contribution in [0.1, 0.15) is 23.6 Å². The van der Waals surface area contributed by atoms with E-state index in [-0.39, 0.29) is 28.4 Å². The highest BCUT2D eigenvalue weighted by atomic mass is 32.1. The van der Waals surface area contributed by atoms with E-state index in [2.05, 4.69) is 4.98 Å². The number of hydrogen-bond donors (Lipinski definition) is 2. The van der Waals surface area contributed by atoms with Gasteiger partial charge in [-0.05, 0) is 35.7 Å². The molecule has 3 aromatic carbocycles. The quantitative estimate of drug-likeness (QED) is 0.377. The minimum atomic E-state index is -1.07. The molecule has 176 valence electrons. The average molecular weight is 493 g/mol. The Balaban J connectivity index is 1.56. The number of aryl methyl sites for hydroxylation is 1. The number of fused-ring (bicyclic) bond motifs is 1. The van der Waals surface area contributed by atoms with Crippen molar-refractivity contribution in [2.24, 2.45) is 0 Å². The lowest BCUT2D eigenvalue weighted by Crippen LogP contribution is -2.31. The van der Waals surface area contributed by atoms with Gasteiger partial charge in [0.2, 0.25) is 0 Å². The Labute approximate surface area is 202 Å². The molecule has 1 atom stereocenters. The van der Waals surface area contributed by atoms with Crippen molar-refractivity contribution in [1.29, 1.82) is 0 Å². The third-order valence-electron chi connectivity index (χ3n) is 5.83. The SMILES string of the molecule is O=C(CCc1ccccc1)C1=C(O)C(=O)N(c2nc3cc(F)c(F)cc3s2)C1c1ccc(O)cc1. The number of aromatic hydroxyl groups is 1. The number of carbonyl (C=O) groups is 2. The van der Waals surface area contributed by atoms with Crippen molar-refractivity contribution in [3.05, 3.63) is 101 Å². The first-order valence-corrected chi connectivity index (χ1v) is 11.5. The van der Waals surface area contributed by atoms with Crippen molar-refractivity contribution in [1.82, 2.24) is 4.98 Å². The molecule has 0 saturated heterocycles. The van der Waals surface area contributed by atoms with Crippen LogP contribution in [0.2, 0.25) is 0 Å². The fraction of sp³-hybridized carbons (Fsp3) is 0.115. The average Bonchev–Trinajstić information content (AvgIpc) is 3.36. The number of aliphatic hydroxyl groups excluding tert-OH is 1. The smallest absolute Gasteiger partial charge is 0.296 e. The number of nitrogens with zero attached hydrogens (tertiary/aromatic N) is 2. The van der Waals surface area contributed by atoms with Crippen LogP contribution in [-0.4, -0.2) is 26.9 Å². The van der Waals surface area contributed by atoms with Crippen LogP contribution in [0.3, 0.4) is 0 Å². The van der Waals surface area contributed by atoms with E-state index in [1.807, 2.05) is 30.3 Å². The number of halogens is 2. The summed E-state index contributed by atoms with van der Waals surface area (Å²) < 4.78 is 27.8. The number of carbonyl (C=O) groups excluding carboxylic acids is 2. The number of phenolic OH excluding ortho intramolecular Hbond substituents is 1. The lowest BCUT2D eigenvalue weighted by molar-refractivity contribution is -0.118. The number of anilines is 1. The normalized spacial score (nSPS) is 15.9. The van der Waals surface area contributed by atoms with Crippen LogP contribution in [0.25, 0.3) is 10.2 Å². The fourth-order valence-corrected chi connectivity index (χ4v) is 5.11. The second-order valence-electron chi connectivity index (χ2n) is 8.07. The molecule has 5 rings (SSSR count). The number of hydrogen-bond acceptors (Lipinski definition) is 6. The molecule has 9 heteroatoms. The molecule has 0 aliphatic carbocycles. The van der Waals surface area contributed by atoms with Crippen LogP contribution in [-0.2, 0) is 16.0 Å². The summed E-state index contributed by atoms with van der Waals surface area (Å²) >= 11 is 0.938. The van der Waals surface area contributed by atoms with Gasteiger partial charge in [-0.2, -0.15) is 0 Å². The first-order chi connectivity index (χ1) is 16.8. The number of ketones is 1. The summed E-state index contributed by atoms with van der Waals surface area (Å²) in [5.74, 6) is -4.09. The summed E-state index contributed by atoms with van der Waals surface area (Å²) in [7, 11) is 0. The number of benzene rings is 3. The Morgan fingerprint density at radius 3 is 2.40 bits per heavy atom. The van der Waals surface area contributed by atoms with Crippen molar-refractivity contribution in [2.45, 2.75) is 18.9 Å². The molecule has 6 nitrogen and oxygen atoms in total. The van der Waals surface area contributed by atoms with Gasteiger partial charge in [0.1, 0.15) is 5.75 Å². The molecular weight excluding hydrogens is 474 g/mol. The predicted molar refractivity (Wildman–Crippen MR) is 127 cm³/mol. The molecular formula is C26H18F2N2O4S. The molecule has 2 N–H and O–H groups in total. The van der Waals surface area contributed by atoms with Gasteiger partial charge in [-0.3, -0.25) is 14.5 Å². The number of phenols is 1. The van der Waals surface area contributed by atoms with Gasteiger partial charge in [0, 0.05) is 12.5 Å². The van der Waals surface area contributed by atoms with Crippen LogP contribution >= 0.6 is 11.3 Å². The van der Waals surface area contributed by atoms with Crippen molar-refractivity contribution < 1.29 is 28.6 Å². The van der Waals surface area contributed by atoms with Crippen LogP contribution in [0.5, 0.6) is 5.75 Å². The maximum absolute atomic E-state index is 13.8. The highest BCUT2D eigenvalue weighted by Crippen LogP contribution is 2.44. The first-order valence-electron chi connectivity index (χ1n) is 10.7. The monoisotopic (exact) mass is 492 g/mol. The maximum Gasteiger partial charge on any atom is 0.296 e. The largest absolute Gasteiger partial charge is 0.508 e. The van der Waals surface area contributed by atoms with Crippen molar-refractivity contribution >= 4 is 38.4 Å². The number of Topliss-reactive ketones (excluding diaryl/α,β-unsaturated/α-hetero) is 1. The highest BCUT2D eigenvalue weighted by molar-refractivity contribution is 7.22. The van der Waals surface area contributed by atoms with Gasteiger partial charge < -0.3 is 10.2 Å². The zero-order valence-corrected chi connectivity index (χ0v) is 18.9. The van der Waals surface area contributed by atoms with Crippen LogP contribution < -0.4 is 4.90 Å². The second-order valence-corrected chi connectivity index (χ2v) is 9.08. The number of thiazole rings is 1. The van der Waals surface area contributed by atoms with E-state index in [0.29, 0.717) is 16.7 Å². The molecule has 2 heterocycles. The maximum atomic E-state index is 13.8. The molecule has 1 aliphatic rings. The van der Waals surface area contributed by atoms with E-state index in [1.54, 1.807) is 0 Å². The van der Waals surface area contributed by atoms with Gasteiger partial charge in [0.15, 0.2) is 28.3 Å². The van der Waals surface area contributed by atoms with Gasteiger partial charge in [-0.25, -0.2) is 13.8 Å². The third-order valence-corrected chi connectivity index (χ3v) is 6.84. The Bertz CT molecular complexity index is 1440. The van der Waals surface area contributed by atoms with E-state index in [0.717, 1.165) is 33.9 Å². The minimum Gasteiger partial charge on any atom is -0.508 e. The van der Waals surface area contributed by atoms with Gasteiger partial charge in [-0.1, -0.05) is 53.8 Å². The van der Waals surface area contributed by atoms with E-state index in [9.17, 15) is 28.6 Å². The molecule has 1 aliphatic heterocycles. The Hall–Kier alpha value is -4.11. The standard InChI is InChI=1S/C26H18F2N2O4S/c27-17-12-19-21(13-18(17)28)35-26(29-19)30-23(15-7-9-16(31)10-8-15)22(24(33)25(30)34)20(32)11-6-14-4-2-1-3-5-14/h1-5,7-10,12-13,23,31,33H,6,11H2. The summed E-state index contributed by atoms with van der Waals surface area (Å²) in [6.45, 7) is 0. The molecule has 0 bridgehead atoms. The topological polar surface area (TPSA) is 90.7 Å². The van der Waals surface area contributed by atoms with Gasteiger partial charge in [-0.15, -0.1) is 0 Å². The Kier molecular flexibility index (Phi) is 5.78. The lowest BCUT2D eigenvalue weighted by atomic mass is 9.93. The molecule has 35 heavy (non-hydrogen) atoms. The van der Waals surface area contributed by atoms with Gasteiger partial charge in [0.05, 0.1) is 21.8 Å². The van der Waals surface area contributed by atoms with E-state index in [4.69, 9.17) is 0 Å². The minimum absolute atomic E-state index is 0.0132. The van der Waals surface area contributed by atoms with Crippen molar-refractivity contribution in [2.75, 3.05) is 4.90 Å². The van der Waals surface area contributed by atoms with E-state index >= 15 is 0 Å². The van der Waals surface area contributed by atoms with Crippen LogP contribution in [0.15, 0.2) is 78.1 Å². The Morgan fingerprint density at radius 2 is 1.69 bits per heavy atom. The summed E-state index contributed by atoms with van der Waals surface area (Å²) in [5, 5.41) is 20.6. The number of aliphatic hydroxyl groups is 1. The number of amides is 1. The van der Waals surface area contributed by atoms with E-state index < -0.39 is 35.1 Å². The molecule has 0 fully saturated rings. The molecule has 0 radical (unpaired) electrons. The molecule has 1 aromatic heterocycles. The van der Waals surface area contributed by atoms with Crippen LogP contribution in [0.4, 0.5) is 13.9 Å². The van der Waals surface area contributed by atoms with Crippen molar-refractivity contribution in [3.8, 4) is 5.75 Å². The van der Waals surface area contributed by atoms with Gasteiger partial charge in [0.25, 0.3) is 5.91 Å². The molecule has 1 amide bonds. The van der Waals surface area contributed by atoms with Crippen molar-refractivity contribution in [3.63, 3.8) is 0 Å². The summed E-state index contributed by atoms with van der Waals surface area (Å²) in [6.07, 6.45) is 0.460. The number of aromatic nitrogens is 1. The first kappa shape index (κ1) is 22.7. The zero-order valence-electron chi connectivity index (χ0n) is 18.1. The molecule has 4 aromatic rings. The zero-order chi connectivity index (χ0) is 24.7. The highest BCUT2D eigenvalue weighted by Gasteiger charge is 2.45. The molecule has 0 saturated carbocycles.